The predicted molar refractivity (Wildman–Crippen MR) is 101 cm³/mol. The molecule has 0 radical (unpaired) electrons. The molecule has 2 aliphatic rings. The molecule has 5 amide bonds. The van der Waals surface area contributed by atoms with Crippen molar-refractivity contribution < 1.29 is 28.7 Å². The van der Waals surface area contributed by atoms with E-state index in [1.807, 2.05) is 0 Å². The minimum absolute atomic E-state index is 0.0248. The number of carbonyl (C=O) groups is 5. The van der Waals surface area contributed by atoms with Crippen molar-refractivity contribution in [3.05, 3.63) is 34.9 Å². The summed E-state index contributed by atoms with van der Waals surface area (Å²) in [6.45, 7) is 6.72. The van der Waals surface area contributed by atoms with E-state index in [1.165, 1.54) is 11.0 Å². The summed E-state index contributed by atoms with van der Waals surface area (Å²) in [4.78, 5) is 63.0. The highest BCUT2D eigenvalue weighted by molar-refractivity contribution is 6.14. The summed E-state index contributed by atoms with van der Waals surface area (Å²) in [6.07, 6.45) is -0.606. The first-order chi connectivity index (χ1) is 13.4. The zero-order chi connectivity index (χ0) is 21.6. The van der Waals surface area contributed by atoms with E-state index in [0.29, 0.717) is 5.56 Å². The van der Waals surface area contributed by atoms with E-state index >= 15 is 0 Å². The number of imide groups is 2. The van der Waals surface area contributed by atoms with Gasteiger partial charge in [0.05, 0.1) is 11.1 Å². The van der Waals surface area contributed by atoms with Crippen LogP contribution in [0.4, 0.5) is 4.79 Å². The first kappa shape index (κ1) is 20.5. The Morgan fingerprint density at radius 1 is 1.21 bits per heavy atom. The zero-order valence-corrected chi connectivity index (χ0v) is 16.8. The van der Waals surface area contributed by atoms with Gasteiger partial charge in [-0.05, 0) is 45.7 Å². The molecule has 0 saturated carbocycles. The van der Waals surface area contributed by atoms with E-state index in [9.17, 15) is 24.0 Å². The van der Waals surface area contributed by atoms with Crippen LogP contribution in [-0.4, -0.2) is 45.8 Å². The molecule has 1 aromatic carbocycles. The third-order valence-corrected chi connectivity index (χ3v) is 4.97. The molecular formula is C20H23N3O6. The fourth-order valence-electron chi connectivity index (χ4n) is 3.46. The van der Waals surface area contributed by atoms with Crippen molar-refractivity contribution in [1.29, 1.82) is 0 Å². The number of nitrogens with one attached hydrogen (secondary N) is 2. The predicted octanol–water partition coefficient (Wildman–Crippen LogP) is 1.50. The van der Waals surface area contributed by atoms with Crippen LogP contribution in [0.2, 0.25) is 0 Å². The van der Waals surface area contributed by atoms with Crippen molar-refractivity contribution >= 4 is 29.7 Å². The number of hydrogen-bond acceptors (Lipinski definition) is 6. The highest BCUT2D eigenvalue weighted by atomic mass is 16.6. The standard InChI is InChI=1S/C20H23N3O6/c1-19(2,3)29-18(28)22-15(25)12-7-5-6-11-10-23(16(26)14(11)12)20(4)9-8-13(24)21-17(20)27/h5-7H,8-10H2,1-4H3,(H,21,24,27)(H,22,25,28). The van der Waals surface area contributed by atoms with Gasteiger partial charge in [-0.2, -0.15) is 0 Å². The van der Waals surface area contributed by atoms with Gasteiger partial charge in [-0.25, -0.2) is 4.79 Å². The lowest BCUT2D eigenvalue weighted by Gasteiger charge is -2.39. The maximum atomic E-state index is 13.1. The Labute approximate surface area is 167 Å². The Hall–Kier alpha value is -3.23. The summed E-state index contributed by atoms with van der Waals surface area (Å²) in [5.41, 5.74) is -1.26. The summed E-state index contributed by atoms with van der Waals surface area (Å²) in [7, 11) is 0. The fourth-order valence-corrected chi connectivity index (χ4v) is 3.46. The maximum Gasteiger partial charge on any atom is 0.414 e. The Morgan fingerprint density at radius 3 is 2.52 bits per heavy atom. The van der Waals surface area contributed by atoms with Gasteiger partial charge in [0.1, 0.15) is 11.1 Å². The highest BCUT2D eigenvalue weighted by Crippen LogP contribution is 2.35. The summed E-state index contributed by atoms with van der Waals surface area (Å²) < 4.78 is 5.08. The van der Waals surface area contributed by atoms with Gasteiger partial charge in [0.25, 0.3) is 17.7 Å². The van der Waals surface area contributed by atoms with E-state index in [2.05, 4.69) is 10.6 Å². The number of hydrogen-bond donors (Lipinski definition) is 2. The number of fused-ring (bicyclic) bond motifs is 1. The lowest BCUT2D eigenvalue weighted by atomic mass is 9.89. The Bertz CT molecular complexity index is 933. The smallest absolute Gasteiger partial charge is 0.414 e. The van der Waals surface area contributed by atoms with Crippen molar-refractivity contribution in [2.45, 2.75) is 58.2 Å². The summed E-state index contributed by atoms with van der Waals surface area (Å²) in [6, 6.07) is 4.73. The van der Waals surface area contributed by atoms with E-state index in [1.54, 1.807) is 39.8 Å². The zero-order valence-electron chi connectivity index (χ0n) is 16.8. The quantitative estimate of drug-likeness (QED) is 0.725. The van der Waals surface area contributed by atoms with Crippen molar-refractivity contribution in [2.24, 2.45) is 0 Å². The van der Waals surface area contributed by atoms with Crippen LogP contribution >= 0.6 is 0 Å². The molecule has 0 spiro atoms. The van der Waals surface area contributed by atoms with Crippen LogP contribution in [0.5, 0.6) is 0 Å². The molecule has 2 heterocycles. The molecule has 29 heavy (non-hydrogen) atoms. The number of alkyl carbamates (subject to hydrolysis) is 1. The average molecular weight is 401 g/mol. The largest absolute Gasteiger partial charge is 0.444 e. The van der Waals surface area contributed by atoms with E-state index < -0.39 is 35.0 Å². The Morgan fingerprint density at radius 2 is 1.90 bits per heavy atom. The summed E-state index contributed by atoms with van der Waals surface area (Å²) >= 11 is 0. The van der Waals surface area contributed by atoms with Gasteiger partial charge in [-0.3, -0.25) is 29.8 Å². The number of carbonyl (C=O) groups excluding carboxylic acids is 5. The van der Waals surface area contributed by atoms with E-state index in [-0.39, 0.29) is 36.4 Å². The third-order valence-electron chi connectivity index (χ3n) is 4.97. The maximum absolute atomic E-state index is 13.1. The van der Waals surface area contributed by atoms with Gasteiger partial charge in [-0.15, -0.1) is 0 Å². The number of nitrogens with zero attached hydrogens (tertiary/aromatic N) is 1. The minimum Gasteiger partial charge on any atom is -0.444 e. The molecule has 1 aromatic rings. The number of benzene rings is 1. The molecule has 0 aromatic heterocycles. The van der Waals surface area contributed by atoms with Crippen LogP contribution in [0.25, 0.3) is 0 Å². The van der Waals surface area contributed by atoms with Gasteiger partial charge in [0.2, 0.25) is 5.91 Å². The third kappa shape index (κ3) is 3.85. The van der Waals surface area contributed by atoms with Crippen molar-refractivity contribution in [1.82, 2.24) is 15.5 Å². The van der Waals surface area contributed by atoms with E-state index in [4.69, 9.17) is 4.74 Å². The van der Waals surface area contributed by atoms with Crippen molar-refractivity contribution in [2.75, 3.05) is 0 Å². The minimum atomic E-state index is -1.21. The van der Waals surface area contributed by atoms with E-state index in [0.717, 1.165) is 0 Å². The summed E-state index contributed by atoms with van der Waals surface area (Å²) in [5, 5.41) is 4.39. The lowest BCUT2D eigenvalue weighted by Crippen LogP contribution is -2.61. The normalized spacial score (nSPS) is 21.5. The average Bonchev–Trinajstić information content (AvgIpc) is 2.94. The van der Waals surface area contributed by atoms with Crippen LogP contribution in [-0.2, 0) is 20.9 Å². The number of piperidine rings is 1. The van der Waals surface area contributed by atoms with Gasteiger partial charge >= 0.3 is 6.09 Å². The van der Waals surface area contributed by atoms with Gasteiger partial charge < -0.3 is 9.64 Å². The molecule has 154 valence electrons. The molecule has 1 atom stereocenters. The van der Waals surface area contributed by atoms with Gasteiger partial charge in [-0.1, -0.05) is 12.1 Å². The molecule has 2 aliphatic heterocycles. The second kappa shape index (κ2) is 6.98. The first-order valence-corrected chi connectivity index (χ1v) is 9.25. The van der Waals surface area contributed by atoms with Crippen LogP contribution in [0, 0.1) is 0 Å². The number of amides is 5. The topological polar surface area (TPSA) is 122 Å². The van der Waals surface area contributed by atoms with Crippen LogP contribution in [0.1, 0.15) is 66.8 Å². The SMILES string of the molecule is CC(C)(C)OC(=O)NC(=O)c1cccc2c1C(=O)N(C1(C)CCC(=O)NC1=O)C2. The second-order valence-corrected chi connectivity index (χ2v) is 8.34. The van der Waals surface area contributed by atoms with Crippen LogP contribution < -0.4 is 10.6 Å². The van der Waals surface area contributed by atoms with Crippen LogP contribution in [0.15, 0.2) is 18.2 Å². The summed E-state index contributed by atoms with van der Waals surface area (Å²) in [5.74, 6) is -2.19. The van der Waals surface area contributed by atoms with Crippen molar-refractivity contribution in [3.63, 3.8) is 0 Å². The molecule has 1 unspecified atom stereocenters. The second-order valence-electron chi connectivity index (χ2n) is 8.34. The fraction of sp³-hybridized carbons (Fsp3) is 0.450. The molecular weight excluding hydrogens is 378 g/mol. The Balaban J connectivity index is 1.86. The molecule has 2 N–H and O–H groups in total. The highest BCUT2D eigenvalue weighted by Gasteiger charge is 2.49. The molecule has 0 aliphatic carbocycles. The molecule has 0 bridgehead atoms. The molecule has 9 heteroatoms. The molecule has 1 fully saturated rings. The van der Waals surface area contributed by atoms with Gasteiger partial charge in [0.15, 0.2) is 0 Å². The number of ether oxygens (including phenoxy) is 1. The van der Waals surface area contributed by atoms with Gasteiger partial charge in [0, 0.05) is 13.0 Å². The molecule has 3 rings (SSSR count). The number of rotatable bonds is 2. The monoisotopic (exact) mass is 401 g/mol. The molecule has 9 nitrogen and oxygen atoms in total. The molecule has 1 saturated heterocycles. The van der Waals surface area contributed by atoms with Crippen molar-refractivity contribution in [3.8, 4) is 0 Å². The Kier molecular flexibility index (Phi) is 4.94. The lowest BCUT2D eigenvalue weighted by molar-refractivity contribution is -0.142. The van der Waals surface area contributed by atoms with Crippen LogP contribution in [0.3, 0.4) is 0 Å². The first-order valence-electron chi connectivity index (χ1n) is 9.25.